The van der Waals surface area contributed by atoms with E-state index in [1.165, 1.54) is 0 Å². The van der Waals surface area contributed by atoms with Gasteiger partial charge in [0, 0.05) is 26.2 Å². The molecule has 0 aromatic heterocycles. The Labute approximate surface area is 164 Å². The van der Waals surface area contributed by atoms with E-state index < -0.39 is 0 Å². The molecule has 1 amide bonds. The maximum absolute atomic E-state index is 12.5. The number of phenols is 1. The molecule has 2 aromatic carbocycles. The van der Waals surface area contributed by atoms with Gasteiger partial charge < -0.3 is 24.8 Å². The maximum Gasteiger partial charge on any atom is 0.234 e. The molecular formula is C21H25N3O4. The van der Waals surface area contributed by atoms with Gasteiger partial charge in [-0.15, -0.1) is 0 Å². The smallest absolute Gasteiger partial charge is 0.234 e. The number of hydrogen-bond acceptors (Lipinski definition) is 6. The molecule has 1 saturated heterocycles. The number of nitrogens with one attached hydrogen (secondary N) is 1. The fourth-order valence-corrected chi connectivity index (χ4v) is 3.63. The quantitative estimate of drug-likeness (QED) is 0.824. The maximum atomic E-state index is 12.5. The van der Waals surface area contributed by atoms with E-state index in [-0.39, 0.29) is 18.7 Å². The molecule has 0 saturated carbocycles. The fourth-order valence-electron chi connectivity index (χ4n) is 3.63. The van der Waals surface area contributed by atoms with Gasteiger partial charge in [-0.3, -0.25) is 9.69 Å². The predicted molar refractivity (Wildman–Crippen MR) is 106 cm³/mol. The third-order valence-corrected chi connectivity index (χ3v) is 5.24. The second-order valence-electron chi connectivity index (χ2n) is 7.15. The van der Waals surface area contributed by atoms with Crippen molar-refractivity contribution in [3.05, 3.63) is 48.0 Å². The van der Waals surface area contributed by atoms with Gasteiger partial charge in [0.25, 0.3) is 0 Å². The average molecular weight is 383 g/mol. The molecule has 0 spiro atoms. The number of rotatable bonds is 5. The van der Waals surface area contributed by atoms with E-state index in [9.17, 15) is 9.90 Å². The molecule has 7 heteroatoms. The van der Waals surface area contributed by atoms with E-state index in [4.69, 9.17) is 9.47 Å². The fraction of sp³-hybridized carbons (Fsp3) is 0.381. The van der Waals surface area contributed by atoms with Crippen LogP contribution >= 0.6 is 0 Å². The third kappa shape index (κ3) is 3.99. The molecule has 4 rings (SSSR count). The molecule has 0 unspecified atom stereocenters. The van der Waals surface area contributed by atoms with E-state index in [1.807, 2.05) is 43.3 Å². The van der Waals surface area contributed by atoms with Gasteiger partial charge in [-0.25, -0.2) is 0 Å². The van der Waals surface area contributed by atoms with Crippen LogP contribution in [-0.4, -0.2) is 55.4 Å². The Hall–Kier alpha value is -2.93. The van der Waals surface area contributed by atoms with Crippen molar-refractivity contribution >= 4 is 11.6 Å². The van der Waals surface area contributed by atoms with Crippen LogP contribution in [0.5, 0.6) is 17.2 Å². The molecule has 148 valence electrons. The summed E-state index contributed by atoms with van der Waals surface area (Å²) in [5.41, 5.74) is 1.84. The van der Waals surface area contributed by atoms with E-state index in [0.29, 0.717) is 12.3 Å². The SMILES string of the molecule is C[C@H](NC(=O)CN1CCN(c2ccccc2O)CC1)c1ccc2c(c1)OCO2. The highest BCUT2D eigenvalue weighted by atomic mass is 16.7. The van der Waals surface area contributed by atoms with Crippen molar-refractivity contribution in [1.29, 1.82) is 0 Å². The van der Waals surface area contributed by atoms with E-state index in [0.717, 1.165) is 48.9 Å². The van der Waals surface area contributed by atoms with Crippen LogP contribution in [0, 0.1) is 0 Å². The summed E-state index contributed by atoms with van der Waals surface area (Å²) in [6, 6.07) is 13.0. The first-order chi connectivity index (χ1) is 13.6. The molecule has 2 N–H and O–H groups in total. The monoisotopic (exact) mass is 383 g/mol. The van der Waals surface area contributed by atoms with Crippen LogP contribution < -0.4 is 19.7 Å². The number of benzene rings is 2. The van der Waals surface area contributed by atoms with Crippen LogP contribution in [0.15, 0.2) is 42.5 Å². The summed E-state index contributed by atoms with van der Waals surface area (Å²) in [7, 11) is 0. The Morgan fingerprint density at radius 3 is 2.64 bits per heavy atom. The Morgan fingerprint density at radius 1 is 1.11 bits per heavy atom. The lowest BCUT2D eigenvalue weighted by Crippen LogP contribution is -2.49. The van der Waals surface area contributed by atoms with E-state index in [1.54, 1.807) is 6.07 Å². The second-order valence-corrected chi connectivity index (χ2v) is 7.15. The molecule has 2 heterocycles. The van der Waals surface area contributed by atoms with Gasteiger partial charge in [-0.1, -0.05) is 18.2 Å². The van der Waals surface area contributed by atoms with Crippen molar-refractivity contribution < 1.29 is 19.4 Å². The molecule has 0 bridgehead atoms. The lowest BCUT2D eigenvalue weighted by atomic mass is 10.1. The number of piperazine rings is 1. The van der Waals surface area contributed by atoms with Crippen LogP contribution in [0.1, 0.15) is 18.5 Å². The van der Waals surface area contributed by atoms with Gasteiger partial charge in [0.1, 0.15) is 5.75 Å². The molecule has 0 radical (unpaired) electrons. The Kier molecular flexibility index (Phi) is 5.25. The molecule has 2 aliphatic heterocycles. The van der Waals surface area contributed by atoms with Gasteiger partial charge >= 0.3 is 0 Å². The number of amides is 1. The first-order valence-corrected chi connectivity index (χ1v) is 9.54. The molecular weight excluding hydrogens is 358 g/mol. The zero-order chi connectivity index (χ0) is 19.5. The van der Waals surface area contributed by atoms with Crippen molar-refractivity contribution in [3.63, 3.8) is 0 Å². The van der Waals surface area contributed by atoms with Crippen molar-refractivity contribution in [2.45, 2.75) is 13.0 Å². The van der Waals surface area contributed by atoms with Crippen molar-refractivity contribution in [2.24, 2.45) is 0 Å². The van der Waals surface area contributed by atoms with Gasteiger partial charge in [0.2, 0.25) is 12.7 Å². The molecule has 1 atom stereocenters. The number of phenolic OH excluding ortho intramolecular Hbond substituents is 1. The summed E-state index contributed by atoms with van der Waals surface area (Å²) >= 11 is 0. The minimum atomic E-state index is -0.107. The van der Waals surface area contributed by atoms with Crippen molar-refractivity contribution in [2.75, 3.05) is 44.4 Å². The largest absolute Gasteiger partial charge is 0.506 e. The average Bonchev–Trinajstić information content (AvgIpc) is 3.17. The molecule has 28 heavy (non-hydrogen) atoms. The summed E-state index contributed by atoms with van der Waals surface area (Å²) in [4.78, 5) is 16.8. The summed E-state index contributed by atoms with van der Waals surface area (Å²) in [6.07, 6.45) is 0. The summed E-state index contributed by atoms with van der Waals surface area (Å²) in [5, 5.41) is 13.1. The van der Waals surface area contributed by atoms with Crippen LogP contribution in [0.3, 0.4) is 0 Å². The number of nitrogens with zero attached hydrogens (tertiary/aromatic N) is 2. The zero-order valence-electron chi connectivity index (χ0n) is 15.9. The number of fused-ring (bicyclic) bond motifs is 1. The molecule has 7 nitrogen and oxygen atoms in total. The number of anilines is 1. The summed E-state index contributed by atoms with van der Waals surface area (Å²) in [6.45, 7) is 5.69. The minimum Gasteiger partial charge on any atom is -0.506 e. The Morgan fingerprint density at radius 2 is 1.86 bits per heavy atom. The van der Waals surface area contributed by atoms with Crippen LogP contribution in [0.2, 0.25) is 0 Å². The highest BCUT2D eigenvalue weighted by Crippen LogP contribution is 2.34. The molecule has 2 aliphatic rings. The third-order valence-electron chi connectivity index (χ3n) is 5.24. The number of ether oxygens (including phenoxy) is 2. The van der Waals surface area contributed by atoms with E-state index >= 15 is 0 Å². The van der Waals surface area contributed by atoms with Crippen molar-refractivity contribution in [1.82, 2.24) is 10.2 Å². The number of aromatic hydroxyl groups is 1. The first kappa shape index (κ1) is 18.4. The topological polar surface area (TPSA) is 74.3 Å². The number of carbonyl (C=O) groups is 1. The zero-order valence-corrected chi connectivity index (χ0v) is 15.9. The molecule has 2 aromatic rings. The van der Waals surface area contributed by atoms with Gasteiger partial charge in [0.15, 0.2) is 11.5 Å². The minimum absolute atomic E-state index is 0.00109. The lowest BCUT2D eigenvalue weighted by molar-refractivity contribution is -0.123. The molecule has 0 aliphatic carbocycles. The lowest BCUT2D eigenvalue weighted by Gasteiger charge is -2.36. The van der Waals surface area contributed by atoms with E-state index in [2.05, 4.69) is 15.1 Å². The van der Waals surface area contributed by atoms with Crippen LogP contribution in [-0.2, 0) is 4.79 Å². The summed E-state index contributed by atoms with van der Waals surface area (Å²) in [5.74, 6) is 1.76. The molecule has 1 fully saturated rings. The number of para-hydroxylation sites is 2. The normalized spacial score (nSPS) is 17.4. The Bertz CT molecular complexity index is 849. The highest BCUT2D eigenvalue weighted by molar-refractivity contribution is 5.78. The van der Waals surface area contributed by atoms with Crippen LogP contribution in [0.4, 0.5) is 5.69 Å². The van der Waals surface area contributed by atoms with Gasteiger partial charge in [-0.05, 0) is 36.8 Å². The van der Waals surface area contributed by atoms with Crippen molar-refractivity contribution in [3.8, 4) is 17.2 Å². The number of hydrogen-bond donors (Lipinski definition) is 2. The summed E-state index contributed by atoms with van der Waals surface area (Å²) < 4.78 is 10.7. The standard InChI is InChI=1S/C21H25N3O4/c1-15(16-6-7-19-20(12-16)28-14-27-19)22-21(26)13-23-8-10-24(11-9-23)17-4-2-3-5-18(17)25/h2-7,12,15,25H,8-11,13-14H2,1H3,(H,22,26)/t15-/m0/s1. The Balaban J connectivity index is 1.27. The van der Waals surface area contributed by atoms with Gasteiger partial charge in [0.05, 0.1) is 18.3 Å². The predicted octanol–water partition coefficient (Wildman–Crippen LogP) is 2.12. The first-order valence-electron chi connectivity index (χ1n) is 9.54. The highest BCUT2D eigenvalue weighted by Gasteiger charge is 2.22. The van der Waals surface area contributed by atoms with Gasteiger partial charge in [-0.2, -0.15) is 0 Å². The van der Waals surface area contributed by atoms with Crippen LogP contribution in [0.25, 0.3) is 0 Å². The number of carbonyl (C=O) groups excluding carboxylic acids is 1. The second kappa shape index (κ2) is 7.98.